The van der Waals surface area contributed by atoms with E-state index in [-0.39, 0.29) is 42.3 Å². The number of carbonyl (C=O) groups excluding carboxylic acids is 2. The summed E-state index contributed by atoms with van der Waals surface area (Å²) in [7, 11) is 1.78. The number of nitrogens with zero attached hydrogens (tertiary/aromatic N) is 2. The molecule has 1 aliphatic heterocycles. The normalized spacial score (nSPS) is 36.8. The molecule has 4 atom stereocenters. The number of rotatable bonds is 3. The lowest BCUT2D eigenvalue weighted by atomic mass is 9.67. The van der Waals surface area contributed by atoms with Crippen molar-refractivity contribution >= 4 is 11.8 Å². The van der Waals surface area contributed by atoms with Crippen molar-refractivity contribution in [2.75, 3.05) is 7.05 Å². The molecule has 6 nitrogen and oxygen atoms in total. The molecule has 3 aliphatic rings. The molecule has 3 fully saturated rings. The van der Waals surface area contributed by atoms with Crippen molar-refractivity contribution in [2.24, 2.45) is 23.5 Å². The second-order valence-electron chi connectivity index (χ2n) is 8.26. The molecule has 0 spiro atoms. The molecule has 4 rings (SSSR count). The molecule has 1 aromatic heterocycles. The van der Waals surface area contributed by atoms with Crippen LogP contribution in [0.5, 0.6) is 0 Å². The van der Waals surface area contributed by atoms with Gasteiger partial charge in [-0.2, -0.15) is 0 Å². The molecule has 2 amide bonds. The smallest absolute Gasteiger partial charge is 0.226 e. The monoisotopic (exact) mass is 356 g/mol. The van der Waals surface area contributed by atoms with Crippen LogP contribution < -0.4 is 11.1 Å². The standard InChI is InChI=1S/C20H28N4O2/c1-24-17(25)10-16(19(24)14-6-3-7-22-11-14)20(26)23-18-12-4-2-5-13(18)9-15(21)8-12/h3,6-7,11-13,15-16,18-19H,2,4-5,8-10,21H2,1H3,(H,23,26). The molecule has 2 heterocycles. The Morgan fingerprint density at radius 2 is 2.04 bits per heavy atom. The summed E-state index contributed by atoms with van der Waals surface area (Å²) in [4.78, 5) is 31.3. The second kappa shape index (κ2) is 6.99. The SMILES string of the molecule is CN1C(=O)CC(C(=O)NC2C3CCCC2CC(N)C3)C1c1cccnc1. The third-order valence-electron chi connectivity index (χ3n) is 6.63. The minimum atomic E-state index is -0.354. The summed E-state index contributed by atoms with van der Waals surface area (Å²) in [6.07, 6.45) is 9.25. The number of nitrogens with one attached hydrogen (secondary N) is 1. The fourth-order valence-electron chi connectivity index (χ4n) is 5.41. The quantitative estimate of drug-likeness (QED) is 0.861. The molecule has 0 radical (unpaired) electrons. The van der Waals surface area contributed by atoms with Gasteiger partial charge in [-0.3, -0.25) is 14.6 Å². The summed E-state index contributed by atoms with van der Waals surface area (Å²) in [5, 5.41) is 3.33. The predicted octanol–water partition coefficient (Wildman–Crippen LogP) is 1.62. The maximum Gasteiger partial charge on any atom is 0.226 e. The lowest BCUT2D eigenvalue weighted by Gasteiger charge is -2.45. The number of nitrogens with two attached hydrogens (primary N) is 1. The van der Waals surface area contributed by atoms with E-state index in [4.69, 9.17) is 5.73 Å². The molecule has 6 heteroatoms. The predicted molar refractivity (Wildman–Crippen MR) is 97.8 cm³/mol. The topological polar surface area (TPSA) is 88.3 Å². The Morgan fingerprint density at radius 3 is 2.69 bits per heavy atom. The van der Waals surface area contributed by atoms with Crippen molar-refractivity contribution in [2.45, 2.75) is 56.7 Å². The van der Waals surface area contributed by atoms with Gasteiger partial charge in [0.25, 0.3) is 0 Å². The van der Waals surface area contributed by atoms with E-state index in [9.17, 15) is 9.59 Å². The first-order valence-electron chi connectivity index (χ1n) is 9.76. The molecule has 26 heavy (non-hydrogen) atoms. The molecule has 2 bridgehead atoms. The molecular weight excluding hydrogens is 328 g/mol. The van der Waals surface area contributed by atoms with Crippen LogP contribution in [-0.2, 0) is 9.59 Å². The van der Waals surface area contributed by atoms with Gasteiger partial charge in [-0.15, -0.1) is 0 Å². The highest BCUT2D eigenvalue weighted by molar-refractivity contribution is 5.90. The minimum Gasteiger partial charge on any atom is -0.352 e. The van der Waals surface area contributed by atoms with E-state index >= 15 is 0 Å². The maximum atomic E-state index is 13.2. The van der Waals surface area contributed by atoms with Crippen LogP contribution in [0.15, 0.2) is 24.5 Å². The maximum absolute atomic E-state index is 13.2. The van der Waals surface area contributed by atoms with E-state index in [1.165, 1.54) is 6.42 Å². The van der Waals surface area contributed by atoms with Crippen molar-refractivity contribution in [3.05, 3.63) is 30.1 Å². The van der Waals surface area contributed by atoms with E-state index in [0.717, 1.165) is 31.2 Å². The van der Waals surface area contributed by atoms with Crippen LogP contribution in [-0.4, -0.2) is 40.8 Å². The van der Waals surface area contributed by atoms with Gasteiger partial charge in [0.15, 0.2) is 0 Å². The van der Waals surface area contributed by atoms with Crippen molar-refractivity contribution in [1.82, 2.24) is 15.2 Å². The van der Waals surface area contributed by atoms with Gasteiger partial charge in [0.2, 0.25) is 11.8 Å². The Hall–Kier alpha value is -1.95. The summed E-state index contributed by atoms with van der Waals surface area (Å²) in [5.41, 5.74) is 7.13. The number of amides is 2. The fraction of sp³-hybridized carbons (Fsp3) is 0.650. The second-order valence-corrected chi connectivity index (χ2v) is 8.26. The third-order valence-corrected chi connectivity index (χ3v) is 6.63. The number of pyridine rings is 1. The highest BCUT2D eigenvalue weighted by Crippen LogP contribution is 2.41. The molecule has 2 aliphatic carbocycles. The van der Waals surface area contributed by atoms with Gasteiger partial charge in [-0.05, 0) is 49.1 Å². The van der Waals surface area contributed by atoms with Crippen molar-refractivity contribution in [3.63, 3.8) is 0 Å². The Balaban J connectivity index is 1.52. The minimum absolute atomic E-state index is 0.00826. The van der Waals surface area contributed by atoms with E-state index in [1.807, 2.05) is 12.1 Å². The molecule has 140 valence electrons. The zero-order valence-electron chi connectivity index (χ0n) is 15.3. The van der Waals surface area contributed by atoms with Crippen LogP contribution >= 0.6 is 0 Å². The van der Waals surface area contributed by atoms with Crippen molar-refractivity contribution in [1.29, 1.82) is 0 Å². The van der Waals surface area contributed by atoms with Gasteiger partial charge in [-0.1, -0.05) is 12.5 Å². The molecule has 4 unspecified atom stereocenters. The van der Waals surface area contributed by atoms with Crippen molar-refractivity contribution < 1.29 is 9.59 Å². The van der Waals surface area contributed by atoms with E-state index in [1.54, 1.807) is 24.3 Å². The van der Waals surface area contributed by atoms with Crippen LogP contribution in [0, 0.1) is 17.8 Å². The molecule has 1 saturated heterocycles. The highest BCUT2D eigenvalue weighted by Gasteiger charge is 2.46. The number of hydrogen-bond donors (Lipinski definition) is 2. The van der Waals surface area contributed by atoms with Crippen molar-refractivity contribution in [3.8, 4) is 0 Å². The molecule has 2 saturated carbocycles. The Morgan fingerprint density at radius 1 is 1.31 bits per heavy atom. The van der Waals surface area contributed by atoms with Crippen LogP contribution in [0.25, 0.3) is 0 Å². The average molecular weight is 356 g/mol. The summed E-state index contributed by atoms with van der Waals surface area (Å²) in [6.45, 7) is 0. The first kappa shape index (κ1) is 17.5. The summed E-state index contributed by atoms with van der Waals surface area (Å²) >= 11 is 0. The Labute approximate surface area is 154 Å². The van der Waals surface area contributed by atoms with Gasteiger partial charge >= 0.3 is 0 Å². The number of aromatic nitrogens is 1. The Bertz CT molecular complexity index is 666. The zero-order chi connectivity index (χ0) is 18.3. The number of carbonyl (C=O) groups is 2. The highest BCUT2D eigenvalue weighted by atomic mass is 16.2. The van der Waals surface area contributed by atoms with Gasteiger partial charge < -0.3 is 16.0 Å². The molecule has 0 aromatic carbocycles. The largest absolute Gasteiger partial charge is 0.352 e. The van der Waals surface area contributed by atoms with Crippen LogP contribution in [0.1, 0.15) is 50.1 Å². The summed E-state index contributed by atoms with van der Waals surface area (Å²) < 4.78 is 0. The summed E-state index contributed by atoms with van der Waals surface area (Å²) in [6, 6.07) is 4.05. The average Bonchev–Trinajstić information content (AvgIpc) is 2.92. The van der Waals surface area contributed by atoms with Gasteiger partial charge in [0.05, 0.1) is 12.0 Å². The molecule has 1 aromatic rings. The van der Waals surface area contributed by atoms with Gasteiger partial charge in [0.1, 0.15) is 0 Å². The molecule has 3 N–H and O–H groups in total. The first-order valence-corrected chi connectivity index (χ1v) is 9.76. The Kier molecular flexibility index (Phi) is 4.69. The fourth-order valence-corrected chi connectivity index (χ4v) is 5.41. The van der Waals surface area contributed by atoms with E-state index in [2.05, 4.69) is 10.3 Å². The lowest BCUT2D eigenvalue weighted by molar-refractivity contribution is -0.129. The number of hydrogen-bond acceptors (Lipinski definition) is 4. The van der Waals surface area contributed by atoms with Crippen LogP contribution in [0.4, 0.5) is 0 Å². The van der Waals surface area contributed by atoms with E-state index in [0.29, 0.717) is 11.8 Å². The lowest BCUT2D eigenvalue weighted by Crippen LogP contribution is -2.55. The van der Waals surface area contributed by atoms with Gasteiger partial charge in [0, 0.05) is 37.9 Å². The first-order chi connectivity index (χ1) is 12.5. The number of likely N-dealkylation sites (tertiary alicyclic amines) is 1. The molecular formula is C20H28N4O2. The van der Waals surface area contributed by atoms with Gasteiger partial charge in [-0.25, -0.2) is 0 Å². The van der Waals surface area contributed by atoms with Crippen LogP contribution in [0.2, 0.25) is 0 Å². The van der Waals surface area contributed by atoms with E-state index < -0.39 is 0 Å². The van der Waals surface area contributed by atoms with Crippen LogP contribution in [0.3, 0.4) is 0 Å². The number of fused-ring (bicyclic) bond motifs is 2. The summed E-state index contributed by atoms with van der Waals surface area (Å²) in [5.74, 6) is 0.632. The third kappa shape index (κ3) is 3.11. The zero-order valence-corrected chi connectivity index (χ0v) is 15.3.